The van der Waals surface area contributed by atoms with Crippen LogP contribution in [0.5, 0.6) is 0 Å². The minimum absolute atomic E-state index is 0.0630. The lowest BCUT2D eigenvalue weighted by molar-refractivity contribution is 0.415. The first-order chi connectivity index (χ1) is 14.1. The number of aryl methyl sites for hydroxylation is 1. The molecule has 0 amide bonds. The molecule has 0 atom stereocenters. The molecule has 1 aliphatic carbocycles. The quantitative estimate of drug-likeness (QED) is 0.412. The topological polar surface area (TPSA) is 26.0 Å². The van der Waals surface area contributed by atoms with Crippen molar-refractivity contribution in [3.05, 3.63) is 77.4 Å². The van der Waals surface area contributed by atoms with Crippen LogP contribution in [0.4, 0.5) is 5.69 Å². The summed E-state index contributed by atoms with van der Waals surface area (Å²) in [5, 5.41) is 0. The van der Waals surface area contributed by atoms with Gasteiger partial charge in [-0.2, -0.15) is 0 Å². The van der Waals surface area contributed by atoms with Crippen LogP contribution in [0.3, 0.4) is 0 Å². The van der Waals surface area contributed by atoms with Gasteiger partial charge in [0.15, 0.2) is 0 Å². The van der Waals surface area contributed by atoms with E-state index in [9.17, 15) is 0 Å². The van der Waals surface area contributed by atoms with Crippen molar-refractivity contribution in [2.45, 2.75) is 64.7 Å². The first-order valence-corrected chi connectivity index (χ1v) is 11.2. The van der Waals surface area contributed by atoms with Crippen molar-refractivity contribution >= 4 is 5.69 Å². The lowest BCUT2D eigenvalue weighted by Crippen LogP contribution is -2.26. The lowest BCUT2D eigenvalue weighted by Gasteiger charge is -2.34. The summed E-state index contributed by atoms with van der Waals surface area (Å²) in [5.41, 5.74) is 17.2. The molecule has 0 aromatic heterocycles. The Labute approximate surface area is 176 Å². The maximum Gasteiger partial charge on any atom is 0.0397 e. The minimum Gasteiger partial charge on any atom is -0.398 e. The van der Waals surface area contributed by atoms with Crippen molar-refractivity contribution in [2.75, 3.05) is 5.73 Å². The fourth-order valence-corrected chi connectivity index (χ4v) is 5.24. The van der Waals surface area contributed by atoms with Gasteiger partial charge in [0.1, 0.15) is 0 Å². The number of rotatable bonds is 7. The summed E-state index contributed by atoms with van der Waals surface area (Å²) in [7, 11) is 0. The molecule has 1 nitrogen and oxygen atoms in total. The monoisotopic (exact) mass is 383 g/mol. The van der Waals surface area contributed by atoms with Crippen LogP contribution in [0.1, 0.15) is 69.1 Å². The highest BCUT2D eigenvalue weighted by Crippen LogP contribution is 2.57. The van der Waals surface area contributed by atoms with E-state index in [1.54, 1.807) is 0 Å². The number of unbranched alkanes of at least 4 members (excludes halogenated alkanes) is 2. The van der Waals surface area contributed by atoms with Gasteiger partial charge in [-0.3, -0.25) is 0 Å². The maximum absolute atomic E-state index is 6.68. The molecule has 0 fully saturated rings. The third-order valence-corrected chi connectivity index (χ3v) is 6.70. The second kappa shape index (κ2) is 8.06. The number of fused-ring (bicyclic) bond motifs is 3. The summed E-state index contributed by atoms with van der Waals surface area (Å²) < 4.78 is 0. The second-order valence-corrected chi connectivity index (χ2v) is 8.65. The molecule has 2 N–H and O–H groups in total. The third kappa shape index (κ3) is 3.27. The van der Waals surface area contributed by atoms with E-state index in [0.717, 1.165) is 5.69 Å². The smallest absolute Gasteiger partial charge is 0.0397 e. The normalized spacial score (nSPS) is 13.9. The van der Waals surface area contributed by atoms with Crippen LogP contribution in [0.15, 0.2) is 60.7 Å². The molecule has 0 unspecified atom stereocenters. The Kier molecular flexibility index (Phi) is 5.50. The molecule has 0 bridgehead atoms. The highest BCUT2D eigenvalue weighted by molar-refractivity contribution is 5.93. The molecule has 0 heterocycles. The van der Waals surface area contributed by atoms with Gasteiger partial charge >= 0.3 is 0 Å². The van der Waals surface area contributed by atoms with Gasteiger partial charge in [0, 0.05) is 16.7 Å². The minimum atomic E-state index is 0.0630. The van der Waals surface area contributed by atoms with Crippen LogP contribution in [0, 0.1) is 6.92 Å². The van der Waals surface area contributed by atoms with E-state index >= 15 is 0 Å². The van der Waals surface area contributed by atoms with E-state index in [2.05, 4.69) is 81.4 Å². The summed E-state index contributed by atoms with van der Waals surface area (Å²) in [5.74, 6) is 0. The molecule has 0 saturated carbocycles. The fourth-order valence-electron chi connectivity index (χ4n) is 5.24. The molecule has 0 radical (unpaired) electrons. The third-order valence-electron chi connectivity index (χ3n) is 6.70. The molecule has 29 heavy (non-hydrogen) atoms. The van der Waals surface area contributed by atoms with E-state index in [-0.39, 0.29) is 5.41 Å². The summed E-state index contributed by atoms with van der Waals surface area (Å²) in [6, 6.07) is 22.3. The van der Waals surface area contributed by atoms with Crippen molar-refractivity contribution in [3.8, 4) is 22.3 Å². The van der Waals surface area contributed by atoms with E-state index < -0.39 is 0 Å². The van der Waals surface area contributed by atoms with Gasteiger partial charge in [0.2, 0.25) is 0 Å². The average Bonchev–Trinajstić information content (AvgIpc) is 3.02. The van der Waals surface area contributed by atoms with Gasteiger partial charge in [-0.15, -0.1) is 0 Å². The van der Waals surface area contributed by atoms with Crippen LogP contribution in [-0.4, -0.2) is 0 Å². The number of anilines is 1. The van der Waals surface area contributed by atoms with Crippen LogP contribution < -0.4 is 5.73 Å². The van der Waals surface area contributed by atoms with Crippen LogP contribution in [0.25, 0.3) is 22.3 Å². The number of benzene rings is 3. The molecule has 0 spiro atoms. The summed E-state index contributed by atoms with van der Waals surface area (Å²) in [6.07, 6.45) is 7.28. The molecule has 150 valence electrons. The molecular formula is C28H33N. The second-order valence-electron chi connectivity index (χ2n) is 8.65. The summed E-state index contributed by atoms with van der Waals surface area (Å²) in [4.78, 5) is 0. The van der Waals surface area contributed by atoms with E-state index in [1.807, 2.05) is 0 Å². The van der Waals surface area contributed by atoms with E-state index in [1.165, 1.54) is 77.5 Å². The highest BCUT2D eigenvalue weighted by Gasteiger charge is 2.44. The molecule has 0 saturated heterocycles. The first-order valence-electron chi connectivity index (χ1n) is 11.2. The van der Waals surface area contributed by atoms with Crippen molar-refractivity contribution in [3.63, 3.8) is 0 Å². The number of nitrogen functional groups attached to an aromatic ring is 1. The predicted molar refractivity (Wildman–Crippen MR) is 126 cm³/mol. The van der Waals surface area contributed by atoms with Gasteiger partial charge in [0.25, 0.3) is 0 Å². The highest BCUT2D eigenvalue weighted by atomic mass is 14.6. The first kappa shape index (κ1) is 19.8. The Balaban J connectivity index is 2.03. The zero-order chi connectivity index (χ0) is 20.4. The van der Waals surface area contributed by atoms with Crippen LogP contribution in [0.2, 0.25) is 0 Å². The number of hydrogen-bond donors (Lipinski definition) is 1. The van der Waals surface area contributed by atoms with Crippen molar-refractivity contribution in [1.82, 2.24) is 0 Å². The van der Waals surface area contributed by atoms with Crippen molar-refractivity contribution < 1.29 is 0 Å². The Hall–Kier alpha value is -2.54. The summed E-state index contributed by atoms with van der Waals surface area (Å²) >= 11 is 0. The fraction of sp³-hybridized carbons (Fsp3) is 0.357. The van der Waals surface area contributed by atoms with Gasteiger partial charge in [-0.05, 0) is 53.6 Å². The van der Waals surface area contributed by atoms with E-state index in [0.29, 0.717) is 0 Å². The molecule has 3 aromatic rings. The molecule has 4 rings (SSSR count). The molecular weight excluding hydrogens is 350 g/mol. The van der Waals surface area contributed by atoms with Crippen molar-refractivity contribution in [2.24, 2.45) is 0 Å². The largest absolute Gasteiger partial charge is 0.398 e. The summed E-state index contributed by atoms with van der Waals surface area (Å²) in [6.45, 7) is 6.75. The lowest BCUT2D eigenvalue weighted by atomic mass is 9.68. The Bertz CT molecular complexity index is 989. The number of hydrogen-bond acceptors (Lipinski definition) is 1. The maximum atomic E-state index is 6.68. The Morgan fingerprint density at radius 3 is 2.07 bits per heavy atom. The number of nitrogens with two attached hydrogens (primary N) is 1. The molecule has 0 aliphatic heterocycles. The Morgan fingerprint density at radius 1 is 0.759 bits per heavy atom. The molecule has 3 aromatic carbocycles. The predicted octanol–water partition coefficient (Wildman–Crippen LogP) is 7.89. The molecule has 1 heteroatoms. The van der Waals surface area contributed by atoms with Crippen LogP contribution >= 0.6 is 0 Å². The SMILES string of the molecule is CCCCC1(CCCC)c2ccccc2-c2ccc(N)c(-c3ccc(C)cc3)c21. The zero-order valence-electron chi connectivity index (χ0n) is 18.1. The van der Waals surface area contributed by atoms with Gasteiger partial charge < -0.3 is 5.73 Å². The van der Waals surface area contributed by atoms with Gasteiger partial charge in [-0.25, -0.2) is 0 Å². The van der Waals surface area contributed by atoms with Crippen molar-refractivity contribution in [1.29, 1.82) is 0 Å². The van der Waals surface area contributed by atoms with Gasteiger partial charge in [-0.1, -0.05) is 99.7 Å². The van der Waals surface area contributed by atoms with E-state index in [4.69, 9.17) is 5.73 Å². The molecule has 1 aliphatic rings. The standard InChI is InChI=1S/C28H33N/c1-4-6-18-28(19-7-5-2)24-11-9-8-10-22(24)23-16-17-25(29)26(27(23)28)21-14-12-20(3)13-15-21/h8-17H,4-7,18-19,29H2,1-3H3. The average molecular weight is 384 g/mol. The van der Waals surface area contributed by atoms with Gasteiger partial charge in [0.05, 0.1) is 0 Å². The Morgan fingerprint density at radius 2 is 1.41 bits per heavy atom. The van der Waals surface area contributed by atoms with Crippen LogP contribution in [-0.2, 0) is 5.41 Å². The zero-order valence-corrected chi connectivity index (χ0v) is 18.1.